The number of carbonyl (C=O) groups excluding carboxylic acids is 1. The standard InChI is InChI=1S/C26H26N2OS/c1-17(2)19-11-13-20(14-12-19)24-21(15-27)26(30-16-18-7-4-3-5-8-18)28-22-9-6-10-23(29)25(22)24/h3-5,7-8,11-14,17,24,28H,6,9-10,16H2,1-2H3/t24-/m1/s1. The highest BCUT2D eigenvalue weighted by molar-refractivity contribution is 8.02. The van der Waals surface area contributed by atoms with E-state index in [1.165, 1.54) is 11.1 Å². The summed E-state index contributed by atoms with van der Waals surface area (Å²) in [6.45, 7) is 4.34. The van der Waals surface area contributed by atoms with Crippen molar-refractivity contribution < 1.29 is 4.79 Å². The maximum absolute atomic E-state index is 12.9. The summed E-state index contributed by atoms with van der Waals surface area (Å²) < 4.78 is 0. The van der Waals surface area contributed by atoms with E-state index in [1.807, 2.05) is 18.2 Å². The number of ketones is 1. The Bertz CT molecular complexity index is 1040. The van der Waals surface area contributed by atoms with E-state index in [2.05, 4.69) is 61.6 Å². The van der Waals surface area contributed by atoms with Crippen molar-refractivity contribution in [2.24, 2.45) is 0 Å². The number of allylic oxidation sites excluding steroid dienone is 3. The fourth-order valence-corrected chi connectivity index (χ4v) is 5.19. The molecule has 0 saturated heterocycles. The van der Waals surface area contributed by atoms with E-state index in [0.29, 0.717) is 17.9 Å². The van der Waals surface area contributed by atoms with Crippen molar-refractivity contribution in [2.45, 2.75) is 50.7 Å². The van der Waals surface area contributed by atoms with E-state index in [1.54, 1.807) is 11.8 Å². The van der Waals surface area contributed by atoms with Gasteiger partial charge in [0, 0.05) is 23.4 Å². The Morgan fingerprint density at radius 2 is 1.83 bits per heavy atom. The van der Waals surface area contributed by atoms with Crippen LogP contribution in [0.15, 0.2) is 76.5 Å². The van der Waals surface area contributed by atoms with Gasteiger partial charge in [-0.05, 0) is 35.4 Å². The van der Waals surface area contributed by atoms with Crippen LogP contribution >= 0.6 is 11.8 Å². The zero-order valence-electron chi connectivity index (χ0n) is 17.4. The van der Waals surface area contributed by atoms with Crippen LogP contribution in [0.3, 0.4) is 0 Å². The minimum absolute atomic E-state index is 0.168. The molecule has 2 aliphatic rings. The topological polar surface area (TPSA) is 52.9 Å². The molecule has 30 heavy (non-hydrogen) atoms. The van der Waals surface area contributed by atoms with Gasteiger partial charge in [-0.2, -0.15) is 5.26 Å². The summed E-state index contributed by atoms with van der Waals surface area (Å²) in [4.78, 5) is 12.9. The molecule has 0 fully saturated rings. The highest BCUT2D eigenvalue weighted by atomic mass is 32.2. The van der Waals surface area contributed by atoms with Crippen LogP contribution in [0.25, 0.3) is 0 Å². The lowest BCUT2D eigenvalue weighted by atomic mass is 9.76. The van der Waals surface area contributed by atoms with Gasteiger partial charge in [-0.25, -0.2) is 0 Å². The number of dihydropyridines is 1. The Morgan fingerprint density at radius 1 is 1.10 bits per heavy atom. The molecule has 3 nitrogen and oxygen atoms in total. The molecule has 4 rings (SSSR count). The first-order chi connectivity index (χ1) is 14.6. The Kier molecular flexibility index (Phi) is 6.11. The molecular formula is C26H26N2OS. The van der Waals surface area contributed by atoms with E-state index in [4.69, 9.17) is 0 Å². The van der Waals surface area contributed by atoms with Gasteiger partial charge in [0.2, 0.25) is 0 Å². The van der Waals surface area contributed by atoms with Crippen molar-refractivity contribution >= 4 is 17.5 Å². The third-order valence-corrected chi connectivity index (χ3v) is 6.91. The zero-order chi connectivity index (χ0) is 21.1. The second-order valence-electron chi connectivity index (χ2n) is 8.18. The van der Waals surface area contributed by atoms with Crippen molar-refractivity contribution in [3.05, 3.63) is 93.2 Å². The molecule has 0 radical (unpaired) electrons. The Morgan fingerprint density at radius 3 is 2.50 bits per heavy atom. The Labute approximate surface area is 182 Å². The summed E-state index contributed by atoms with van der Waals surface area (Å²) in [5, 5.41) is 14.5. The van der Waals surface area contributed by atoms with Crippen molar-refractivity contribution in [1.29, 1.82) is 5.26 Å². The first-order valence-electron chi connectivity index (χ1n) is 10.5. The number of benzene rings is 2. The first kappa shape index (κ1) is 20.5. The molecule has 1 N–H and O–H groups in total. The summed E-state index contributed by atoms with van der Waals surface area (Å²) in [7, 11) is 0. The number of thioether (sulfide) groups is 1. The second kappa shape index (κ2) is 8.93. The number of nitriles is 1. The van der Waals surface area contributed by atoms with Crippen molar-refractivity contribution in [2.75, 3.05) is 0 Å². The molecule has 1 heterocycles. The first-order valence-corrected chi connectivity index (χ1v) is 11.5. The molecule has 1 aliphatic heterocycles. The number of carbonyl (C=O) groups is 1. The summed E-state index contributed by atoms with van der Waals surface area (Å²) in [5.74, 6) is 1.12. The van der Waals surface area contributed by atoms with Crippen LogP contribution in [-0.4, -0.2) is 5.78 Å². The van der Waals surface area contributed by atoms with E-state index in [0.717, 1.165) is 40.5 Å². The molecule has 2 aromatic carbocycles. The Balaban J connectivity index is 1.74. The summed E-state index contributed by atoms with van der Waals surface area (Å²) in [6.07, 6.45) is 2.28. The summed E-state index contributed by atoms with van der Waals surface area (Å²) >= 11 is 1.65. The van der Waals surface area contributed by atoms with Crippen LogP contribution in [0, 0.1) is 11.3 Å². The molecule has 1 aliphatic carbocycles. The number of Topliss-reactive ketones (excluding diaryl/α,β-unsaturated/α-hetero) is 1. The molecule has 0 amide bonds. The maximum Gasteiger partial charge on any atom is 0.161 e. The monoisotopic (exact) mass is 414 g/mol. The summed E-state index contributed by atoms with van der Waals surface area (Å²) in [5.41, 5.74) is 5.95. The lowest BCUT2D eigenvalue weighted by Gasteiger charge is -2.33. The third-order valence-electron chi connectivity index (χ3n) is 5.83. The maximum atomic E-state index is 12.9. The molecule has 2 aromatic rings. The van der Waals surface area contributed by atoms with Gasteiger partial charge in [0.25, 0.3) is 0 Å². The second-order valence-corrected chi connectivity index (χ2v) is 9.16. The lowest BCUT2D eigenvalue weighted by molar-refractivity contribution is -0.116. The molecule has 0 saturated carbocycles. The molecular weight excluding hydrogens is 388 g/mol. The number of hydrogen-bond acceptors (Lipinski definition) is 4. The smallest absolute Gasteiger partial charge is 0.161 e. The lowest BCUT2D eigenvalue weighted by Crippen LogP contribution is -2.31. The zero-order valence-corrected chi connectivity index (χ0v) is 18.3. The average Bonchev–Trinajstić information content (AvgIpc) is 2.77. The largest absolute Gasteiger partial charge is 0.352 e. The van der Waals surface area contributed by atoms with Gasteiger partial charge in [0.1, 0.15) is 0 Å². The number of nitrogens with zero attached hydrogens (tertiary/aromatic N) is 1. The predicted octanol–water partition coefficient (Wildman–Crippen LogP) is 6.17. The number of rotatable bonds is 5. The molecule has 1 atom stereocenters. The highest BCUT2D eigenvalue weighted by Crippen LogP contribution is 2.44. The van der Waals surface area contributed by atoms with E-state index >= 15 is 0 Å². The normalized spacial score (nSPS) is 18.9. The van der Waals surface area contributed by atoms with Crippen LogP contribution in [0.5, 0.6) is 0 Å². The fraction of sp³-hybridized carbons (Fsp3) is 0.308. The van der Waals surface area contributed by atoms with Gasteiger partial charge < -0.3 is 5.32 Å². The predicted molar refractivity (Wildman–Crippen MR) is 123 cm³/mol. The van der Waals surface area contributed by atoms with Gasteiger partial charge in [0.05, 0.1) is 22.6 Å². The van der Waals surface area contributed by atoms with E-state index in [9.17, 15) is 10.1 Å². The molecule has 0 unspecified atom stereocenters. The molecule has 0 spiro atoms. The molecule has 152 valence electrons. The van der Waals surface area contributed by atoms with Crippen molar-refractivity contribution in [1.82, 2.24) is 5.32 Å². The number of hydrogen-bond donors (Lipinski definition) is 1. The third kappa shape index (κ3) is 4.08. The Hall–Kier alpha value is -2.77. The van der Waals surface area contributed by atoms with Crippen LogP contribution in [0.2, 0.25) is 0 Å². The quantitative estimate of drug-likeness (QED) is 0.635. The van der Waals surface area contributed by atoms with Crippen LogP contribution in [0.1, 0.15) is 61.6 Å². The van der Waals surface area contributed by atoms with Gasteiger partial charge in [-0.1, -0.05) is 68.4 Å². The van der Waals surface area contributed by atoms with Crippen LogP contribution in [-0.2, 0) is 10.5 Å². The van der Waals surface area contributed by atoms with Crippen molar-refractivity contribution in [3.8, 4) is 6.07 Å². The molecule has 0 bridgehead atoms. The number of nitrogens with one attached hydrogen (secondary N) is 1. The van der Waals surface area contributed by atoms with Crippen LogP contribution in [0.4, 0.5) is 0 Å². The van der Waals surface area contributed by atoms with Gasteiger partial charge in [-0.15, -0.1) is 11.8 Å². The van der Waals surface area contributed by atoms with Crippen LogP contribution < -0.4 is 5.32 Å². The fourth-order valence-electron chi connectivity index (χ4n) is 4.17. The minimum Gasteiger partial charge on any atom is -0.352 e. The van der Waals surface area contributed by atoms with E-state index in [-0.39, 0.29) is 11.7 Å². The van der Waals surface area contributed by atoms with Crippen molar-refractivity contribution in [3.63, 3.8) is 0 Å². The average molecular weight is 415 g/mol. The van der Waals surface area contributed by atoms with Gasteiger partial charge in [0.15, 0.2) is 5.78 Å². The molecule has 0 aromatic heterocycles. The summed E-state index contributed by atoms with van der Waals surface area (Å²) in [6, 6.07) is 21.1. The highest BCUT2D eigenvalue weighted by Gasteiger charge is 2.36. The van der Waals surface area contributed by atoms with Gasteiger partial charge >= 0.3 is 0 Å². The SMILES string of the molecule is CC(C)c1ccc([C@@H]2C(C#N)=C(SCc3ccccc3)NC3=C2C(=O)CCC3)cc1. The van der Waals surface area contributed by atoms with Gasteiger partial charge in [-0.3, -0.25) is 4.79 Å². The molecule has 4 heteroatoms. The minimum atomic E-state index is -0.279. The van der Waals surface area contributed by atoms with E-state index < -0.39 is 0 Å².